The topological polar surface area (TPSA) is 44.8 Å². The molecule has 0 spiro atoms. The first-order valence-electron chi connectivity index (χ1n) is 16.0. The molecule has 0 fully saturated rings. The van der Waals surface area contributed by atoms with E-state index < -0.39 is 22.6 Å². The van der Waals surface area contributed by atoms with Crippen molar-refractivity contribution in [3.63, 3.8) is 0 Å². The Bertz CT molecular complexity index is 1680. The van der Waals surface area contributed by atoms with Gasteiger partial charge in [-0.3, -0.25) is 0 Å². The number of hydrogen-bond acceptors (Lipinski definition) is 4. The average Bonchev–Trinajstić information content (AvgIpc) is 2.93. The van der Waals surface area contributed by atoms with E-state index in [4.69, 9.17) is 13.6 Å². The van der Waals surface area contributed by atoms with Crippen molar-refractivity contribution < 1.29 is 18.4 Å². The Balaban J connectivity index is 1.98. The third-order valence-corrected chi connectivity index (χ3v) is 20.0. The van der Waals surface area contributed by atoms with Crippen LogP contribution in [0.1, 0.15) is 71.3 Å². The fraction of sp³-hybridized carbons (Fsp3) is 0.447. The predicted molar refractivity (Wildman–Crippen MR) is 192 cm³/mol. The van der Waals surface area contributed by atoms with Gasteiger partial charge in [0.25, 0.3) is 16.6 Å². The van der Waals surface area contributed by atoms with Crippen LogP contribution in [0.5, 0.6) is 17.2 Å². The van der Waals surface area contributed by atoms with Gasteiger partial charge in [-0.2, -0.15) is 0 Å². The van der Waals surface area contributed by atoms with Crippen molar-refractivity contribution in [3.8, 4) is 17.2 Å². The van der Waals surface area contributed by atoms with E-state index in [0.29, 0.717) is 28.9 Å². The molecular weight excluding hydrogens is 577 g/mol. The number of carbonyl (C=O) groups is 1. The summed E-state index contributed by atoms with van der Waals surface area (Å²) < 4.78 is 20.5. The molecule has 0 heterocycles. The van der Waals surface area contributed by atoms with Crippen molar-refractivity contribution in [2.45, 2.75) is 98.6 Å². The molecule has 4 rings (SSSR count). The van der Waals surface area contributed by atoms with E-state index in [2.05, 4.69) is 101 Å². The molecular formula is C38H52O4Si2. The second-order valence-corrected chi connectivity index (χ2v) is 24.1. The number of aryl methyl sites for hydroxylation is 1. The lowest BCUT2D eigenvalue weighted by molar-refractivity contribution is 0.0735. The van der Waals surface area contributed by atoms with Crippen LogP contribution in [-0.2, 0) is 0 Å². The molecule has 0 atom stereocenters. The molecule has 0 amide bonds. The summed E-state index contributed by atoms with van der Waals surface area (Å²) in [4.78, 5) is 14.4. The monoisotopic (exact) mass is 628 g/mol. The summed E-state index contributed by atoms with van der Waals surface area (Å²) in [6, 6.07) is 21.9. The SMILES string of the molecule is Cc1cccc2c(O[Si](C)(C)C(C)(C)C(C)C)c(C(=O)Oc3cccc4ccccc34)cc(O[Si](C)(C)C(C)(C)C(C)C)c12. The van der Waals surface area contributed by atoms with Crippen LogP contribution in [-0.4, -0.2) is 22.6 Å². The highest BCUT2D eigenvalue weighted by molar-refractivity contribution is 6.75. The predicted octanol–water partition coefficient (Wildman–Crippen LogP) is 11.6. The quantitative estimate of drug-likeness (QED) is 0.0995. The molecule has 0 aliphatic heterocycles. The van der Waals surface area contributed by atoms with Crippen LogP contribution in [0.15, 0.2) is 66.7 Å². The second kappa shape index (κ2) is 12.0. The van der Waals surface area contributed by atoms with Crippen LogP contribution < -0.4 is 13.6 Å². The van der Waals surface area contributed by atoms with Crippen LogP contribution in [0.2, 0.25) is 36.3 Å². The first-order chi connectivity index (χ1) is 20.3. The number of benzene rings is 4. The van der Waals surface area contributed by atoms with Gasteiger partial charge in [0.05, 0.1) is 0 Å². The van der Waals surface area contributed by atoms with Crippen LogP contribution in [0, 0.1) is 18.8 Å². The van der Waals surface area contributed by atoms with E-state index >= 15 is 0 Å². The minimum Gasteiger partial charge on any atom is -0.543 e. The summed E-state index contributed by atoms with van der Waals surface area (Å²) >= 11 is 0. The lowest BCUT2D eigenvalue weighted by atomic mass is 9.99. The minimum atomic E-state index is -2.43. The third kappa shape index (κ3) is 6.08. The number of hydrogen-bond donors (Lipinski definition) is 0. The first-order valence-corrected chi connectivity index (χ1v) is 21.8. The number of ether oxygens (including phenoxy) is 1. The highest BCUT2D eigenvalue weighted by Gasteiger charge is 2.47. The Labute approximate surface area is 267 Å². The smallest absolute Gasteiger partial charge is 0.347 e. The summed E-state index contributed by atoms with van der Waals surface area (Å²) in [5.74, 6) is 2.23. The van der Waals surface area contributed by atoms with Gasteiger partial charge >= 0.3 is 5.97 Å². The number of esters is 1. The summed E-state index contributed by atoms with van der Waals surface area (Å²) in [6.45, 7) is 29.3. The maximum atomic E-state index is 14.4. The van der Waals surface area contributed by atoms with Crippen molar-refractivity contribution in [2.75, 3.05) is 0 Å². The maximum Gasteiger partial charge on any atom is 0.347 e. The fourth-order valence-electron chi connectivity index (χ4n) is 5.56. The molecule has 236 valence electrons. The standard InChI is InChI=1S/C38H52O4Si2/c1-25(2)37(6,7)43(10,11)41-33-24-31(36(39)40-32-23-17-20-28-19-14-15-21-29(28)32)35(30-22-16-18-27(5)34(30)33)42-44(12,13)38(8,9)26(3)4/h14-26H,1-13H3. The molecule has 0 saturated carbocycles. The van der Waals surface area contributed by atoms with Crippen molar-refractivity contribution in [1.29, 1.82) is 0 Å². The Kier molecular flexibility index (Phi) is 9.23. The molecule has 0 N–H and O–H groups in total. The molecule has 44 heavy (non-hydrogen) atoms. The minimum absolute atomic E-state index is 0.0169. The van der Waals surface area contributed by atoms with E-state index in [1.807, 2.05) is 54.6 Å². The van der Waals surface area contributed by atoms with Gasteiger partial charge in [-0.05, 0) is 78.1 Å². The van der Waals surface area contributed by atoms with E-state index in [1.54, 1.807) is 0 Å². The van der Waals surface area contributed by atoms with Crippen molar-refractivity contribution in [1.82, 2.24) is 0 Å². The van der Waals surface area contributed by atoms with Crippen molar-refractivity contribution in [3.05, 3.63) is 77.9 Å². The lowest BCUT2D eigenvalue weighted by Crippen LogP contribution is -2.48. The Morgan fingerprint density at radius 3 is 1.82 bits per heavy atom. The zero-order chi connectivity index (χ0) is 32.8. The van der Waals surface area contributed by atoms with Gasteiger partial charge in [0.1, 0.15) is 22.8 Å². The molecule has 0 aliphatic rings. The van der Waals surface area contributed by atoms with Gasteiger partial charge in [0, 0.05) is 16.2 Å². The summed E-state index contributed by atoms with van der Waals surface area (Å²) in [5.41, 5.74) is 1.49. The van der Waals surface area contributed by atoms with Gasteiger partial charge in [-0.25, -0.2) is 4.79 Å². The largest absolute Gasteiger partial charge is 0.543 e. The molecule has 4 aromatic carbocycles. The molecule has 6 heteroatoms. The molecule has 0 saturated heterocycles. The molecule has 0 aliphatic carbocycles. The Hall–Kier alpha value is -3.10. The number of fused-ring (bicyclic) bond motifs is 2. The molecule has 0 aromatic heterocycles. The third-order valence-electron chi connectivity index (χ3n) is 11.2. The van der Waals surface area contributed by atoms with Gasteiger partial charge in [-0.15, -0.1) is 0 Å². The molecule has 4 nitrogen and oxygen atoms in total. The summed E-state index contributed by atoms with van der Waals surface area (Å²) in [6.07, 6.45) is 0. The Morgan fingerprint density at radius 2 is 1.20 bits per heavy atom. The first kappa shape index (κ1) is 33.8. The van der Waals surface area contributed by atoms with Gasteiger partial charge < -0.3 is 13.6 Å². The number of rotatable bonds is 10. The molecule has 0 unspecified atom stereocenters. The van der Waals surface area contributed by atoms with Crippen LogP contribution in [0.25, 0.3) is 21.5 Å². The van der Waals surface area contributed by atoms with E-state index in [0.717, 1.165) is 32.9 Å². The van der Waals surface area contributed by atoms with Crippen molar-refractivity contribution in [2.24, 2.45) is 11.8 Å². The summed E-state index contributed by atoms with van der Waals surface area (Å²) in [7, 11) is -4.77. The highest BCUT2D eigenvalue weighted by Crippen LogP contribution is 2.50. The van der Waals surface area contributed by atoms with Crippen LogP contribution in [0.3, 0.4) is 0 Å². The van der Waals surface area contributed by atoms with Crippen LogP contribution in [0.4, 0.5) is 0 Å². The van der Waals surface area contributed by atoms with Crippen molar-refractivity contribution >= 4 is 44.1 Å². The van der Waals surface area contributed by atoms with E-state index in [1.165, 1.54) is 0 Å². The Morgan fingerprint density at radius 1 is 0.682 bits per heavy atom. The zero-order valence-electron chi connectivity index (χ0n) is 29.1. The normalized spacial score (nSPS) is 13.2. The van der Waals surface area contributed by atoms with Crippen LogP contribution >= 0.6 is 0 Å². The maximum absolute atomic E-state index is 14.4. The lowest BCUT2D eigenvalue weighted by Gasteiger charge is -2.44. The van der Waals surface area contributed by atoms with Gasteiger partial charge in [0.15, 0.2) is 0 Å². The second-order valence-electron chi connectivity index (χ2n) is 15.1. The van der Waals surface area contributed by atoms with E-state index in [9.17, 15) is 4.79 Å². The molecule has 0 bridgehead atoms. The fourth-order valence-corrected chi connectivity index (χ4v) is 10.3. The number of carbonyl (C=O) groups excluding carboxylic acids is 1. The highest BCUT2D eigenvalue weighted by atomic mass is 28.4. The van der Waals surface area contributed by atoms with Gasteiger partial charge in [-0.1, -0.05) is 110 Å². The molecule has 0 radical (unpaired) electrons. The average molecular weight is 629 g/mol. The van der Waals surface area contributed by atoms with Gasteiger partial charge in [0.2, 0.25) is 0 Å². The zero-order valence-corrected chi connectivity index (χ0v) is 31.1. The molecule has 4 aromatic rings. The van der Waals surface area contributed by atoms with E-state index in [-0.39, 0.29) is 10.1 Å². The summed E-state index contributed by atoms with van der Waals surface area (Å²) in [5, 5.41) is 3.71.